The number of carbonyl (C=O) groups is 2. The number of urea groups is 1. The highest BCUT2D eigenvalue weighted by Gasteiger charge is 2.34. The lowest BCUT2D eigenvalue weighted by Crippen LogP contribution is -2.51. The van der Waals surface area contributed by atoms with Crippen LogP contribution in [0.4, 0.5) is 4.79 Å². The molecule has 2 aliphatic rings. The van der Waals surface area contributed by atoms with Crippen LogP contribution < -0.4 is 24.8 Å². The van der Waals surface area contributed by atoms with E-state index < -0.39 is 12.0 Å². The van der Waals surface area contributed by atoms with Crippen molar-refractivity contribution in [2.45, 2.75) is 19.5 Å². The van der Waals surface area contributed by atoms with Gasteiger partial charge < -0.3 is 29.6 Å². The van der Waals surface area contributed by atoms with Gasteiger partial charge in [-0.3, -0.25) is 9.80 Å². The molecule has 0 unspecified atom stereocenters. The molecular weight excluding hydrogens is 524 g/mol. The molecule has 0 spiro atoms. The number of methoxy groups -OCH3 is 3. The van der Waals surface area contributed by atoms with Gasteiger partial charge in [0.1, 0.15) is 0 Å². The number of esters is 1. The van der Waals surface area contributed by atoms with Gasteiger partial charge >= 0.3 is 12.0 Å². The zero-order valence-corrected chi connectivity index (χ0v) is 23.5. The standard InChI is InChI=1S/C28H35ClN4O6/c1-5-39-27(34)23-21(30-28(35)31-24(23)18-6-9-20(29)10-7-18)17-33-14-12-32(13-15-33)16-19-8-11-22(36-2)26(38-4)25(19)37-3/h6-11,24H,5,12-17H2,1-4H3,(H2,30,31,35)/t24-/m0/s1. The molecule has 210 valence electrons. The maximum Gasteiger partial charge on any atom is 0.338 e. The number of hydrogen-bond acceptors (Lipinski definition) is 8. The van der Waals surface area contributed by atoms with E-state index in [1.807, 2.05) is 12.1 Å². The Bertz CT molecular complexity index is 1210. The van der Waals surface area contributed by atoms with Crippen LogP contribution in [-0.4, -0.2) is 82.5 Å². The number of nitrogens with one attached hydrogen (secondary N) is 2. The number of rotatable bonds is 10. The highest BCUT2D eigenvalue weighted by molar-refractivity contribution is 6.30. The Balaban J connectivity index is 1.49. The number of amides is 2. The molecule has 0 aromatic heterocycles. The fourth-order valence-electron chi connectivity index (χ4n) is 4.96. The second-order valence-corrected chi connectivity index (χ2v) is 9.68. The smallest absolute Gasteiger partial charge is 0.338 e. The molecule has 39 heavy (non-hydrogen) atoms. The summed E-state index contributed by atoms with van der Waals surface area (Å²) in [4.78, 5) is 30.2. The lowest BCUT2D eigenvalue weighted by Gasteiger charge is -2.37. The average Bonchev–Trinajstić information content (AvgIpc) is 2.93. The third kappa shape index (κ3) is 6.58. The third-order valence-electron chi connectivity index (χ3n) is 6.88. The predicted octanol–water partition coefficient (Wildman–Crippen LogP) is 3.35. The summed E-state index contributed by atoms with van der Waals surface area (Å²) in [5, 5.41) is 6.29. The van der Waals surface area contributed by atoms with Crippen LogP contribution in [0, 0.1) is 0 Å². The number of benzene rings is 2. The van der Waals surface area contributed by atoms with E-state index in [2.05, 4.69) is 20.4 Å². The van der Waals surface area contributed by atoms with Gasteiger partial charge in [-0.15, -0.1) is 0 Å². The van der Waals surface area contributed by atoms with E-state index in [0.717, 1.165) is 37.3 Å². The van der Waals surface area contributed by atoms with Crippen LogP contribution in [0.25, 0.3) is 0 Å². The molecule has 2 N–H and O–H groups in total. The Kier molecular flexibility index (Phi) is 9.55. The first kappa shape index (κ1) is 28.5. The number of nitrogens with zero attached hydrogens (tertiary/aromatic N) is 2. The largest absolute Gasteiger partial charge is 0.493 e. The summed E-state index contributed by atoms with van der Waals surface area (Å²) < 4.78 is 21.9. The van der Waals surface area contributed by atoms with Crippen LogP contribution in [0.3, 0.4) is 0 Å². The Hall–Kier alpha value is -3.47. The molecule has 2 heterocycles. The Labute approximate surface area is 233 Å². The first-order valence-electron chi connectivity index (χ1n) is 12.8. The first-order chi connectivity index (χ1) is 18.9. The Morgan fingerprint density at radius 3 is 2.15 bits per heavy atom. The van der Waals surface area contributed by atoms with E-state index >= 15 is 0 Å². The molecule has 0 aliphatic carbocycles. The molecule has 1 atom stereocenters. The second kappa shape index (κ2) is 13.1. The molecule has 0 saturated carbocycles. The fourth-order valence-corrected chi connectivity index (χ4v) is 5.08. The number of halogens is 1. The molecule has 10 nitrogen and oxygen atoms in total. The quantitative estimate of drug-likeness (QED) is 0.428. The summed E-state index contributed by atoms with van der Waals surface area (Å²) in [6.07, 6.45) is 0. The van der Waals surface area contributed by atoms with Gasteiger partial charge in [-0.2, -0.15) is 0 Å². The number of piperazine rings is 1. The van der Waals surface area contributed by atoms with Crippen molar-refractivity contribution in [3.63, 3.8) is 0 Å². The average molecular weight is 559 g/mol. The van der Waals surface area contributed by atoms with E-state index in [9.17, 15) is 9.59 Å². The highest BCUT2D eigenvalue weighted by Crippen LogP contribution is 2.40. The van der Waals surface area contributed by atoms with Gasteiger partial charge in [0.2, 0.25) is 5.75 Å². The minimum atomic E-state index is -0.635. The summed E-state index contributed by atoms with van der Waals surface area (Å²) in [5.74, 6) is 1.40. The number of hydrogen-bond donors (Lipinski definition) is 2. The Morgan fingerprint density at radius 1 is 0.923 bits per heavy atom. The molecule has 0 bridgehead atoms. The predicted molar refractivity (Wildman–Crippen MR) is 147 cm³/mol. The molecule has 2 aromatic rings. The van der Waals surface area contributed by atoms with Gasteiger partial charge in [-0.05, 0) is 30.7 Å². The monoisotopic (exact) mass is 558 g/mol. The molecule has 2 amide bonds. The van der Waals surface area contributed by atoms with Crippen molar-refractivity contribution in [3.8, 4) is 17.2 Å². The molecule has 1 fully saturated rings. The summed E-state index contributed by atoms with van der Waals surface area (Å²) >= 11 is 6.06. The second-order valence-electron chi connectivity index (χ2n) is 9.24. The normalized spacial score (nSPS) is 18.3. The van der Waals surface area contributed by atoms with E-state index in [1.165, 1.54) is 0 Å². The highest BCUT2D eigenvalue weighted by atomic mass is 35.5. The Morgan fingerprint density at radius 2 is 1.56 bits per heavy atom. The molecule has 1 saturated heterocycles. The number of carbonyl (C=O) groups excluding carboxylic acids is 2. The maximum absolute atomic E-state index is 13.1. The lowest BCUT2D eigenvalue weighted by molar-refractivity contribution is -0.139. The summed E-state index contributed by atoms with van der Waals surface area (Å²) in [7, 11) is 4.82. The van der Waals surface area contributed by atoms with E-state index in [4.69, 9.17) is 30.5 Å². The first-order valence-corrected chi connectivity index (χ1v) is 13.2. The molecule has 2 aromatic carbocycles. The van der Waals surface area contributed by atoms with Crippen molar-refractivity contribution >= 4 is 23.6 Å². The zero-order chi connectivity index (χ0) is 27.9. The van der Waals surface area contributed by atoms with Gasteiger partial charge in [0.25, 0.3) is 0 Å². The van der Waals surface area contributed by atoms with Gasteiger partial charge in [0.05, 0.1) is 39.6 Å². The van der Waals surface area contributed by atoms with Crippen LogP contribution >= 0.6 is 11.6 Å². The fraction of sp³-hybridized carbons (Fsp3) is 0.429. The van der Waals surface area contributed by atoms with E-state index in [-0.39, 0.29) is 12.6 Å². The van der Waals surface area contributed by atoms with Crippen molar-refractivity contribution in [3.05, 3.63) is 63.8 Å². The zero-order valence-electron chi connectivity index (χ0n) is 22.7. The third-order valence-corrected chi connectivity index (χ3v) is 7.13. The summed E-state index contributed by atoms with van der Waals surface area (Å²) in [6, 6.07) is 9.95. The SMILES string of the molecule is CCOC(=O)C1=C(CN2CCN(Cc3ccc(OC)c(OC)c3OC)CC2)NC(=O)N[C@H]1c1ccc(Cl)cc1. The summed E-state index contributed by atoms with van der Waals surface area (Å²) in [6.45, 7) is 6.20. The minimum Gasteiger partial charge on any atom is -0.493 e. The van der Waals surface area contributed by atoms with Crippen LogP contribution in [0.1, 0.15) is 24.1 Å². The van der Waals surface area contributed by atoms with E-state index in [1.54, 1.807) is 52.5 Å². The van der Waals surface area contributed by atoms with Crippen LogP contribution in [-0.2, 0) is 16.1 Å². The molecular formula is C28H35ClN4O6. The molecule has 4 rings (SSSR count). The van der Waals surface area contributed by atoms with Crippen molar-refractivity contribution in [2.24, 2.45) is 0 Å². The molecule has 2 aliphatic heterocycles. The van der Waals surface area contributed by atoms with Crippen molar-refractivity contribution in [1.82, 2.24) is 20.4 Å². The van der Waals surface area contributed by atoms with Crippen molar-refractivity contribution < 1.29 is 28.5 Å². The van der Waals surface area contributed by atoms with Gasteiger partial charge in [0, 0.05) is 55.6 Å². The van der Waals surface area contributed by atoms with Crippen molar-refractivity contribution in [2.75, 3.05) is 60.7 Å². The minimum absolute atomic E-state index is 0.231. The van der Waals surface area contributed by atoms with Crippen molar-refractivity contribution in [1.29, 1.82) is 0 Å². The lowest BCUT2D eigenvalue weighted by atomic mass is 9.95. The topological polar surface area (TPSA) is 102 Å². The molecule has 11 heteroatoms. The van der Waals surface area contributed by atoms with Gasteiger partial charge in [-0.1, -0.05) is 29.8 Å². The van der Waals surface area contributed by atoms with Crippen LogP contribution in [0.5, 0.6) is 17.2 Å². The summed E-state index contributed by atoms with van der Waals surface area (Å²) in [5.41, 5.74) is 2.71. The van der Waals surface area contributed by atoms with E-state index in [0.29, 0.717) is 46.6 Å². The van der Waals surface area contributed by atoms with Gasteiger partial charge in [0.15, 0.2) is 11.5 Å². The molecule has 0 radical (unpaired) electrons. The maximum atomic E-state index is 13.1. The number of ether oxygens (including phenoxy) is 4. The van der Waals surface area contributed by atoms with Gasteiger partial charge in [-0.25, -0.2) is 9.59 Å². The van der Waals surface area contributed by atoms with Crippen LogP contribution in [0.2, 0.25) is 5.02 Å². The van der Waals surface area contributed by atoms with Crippen LogP contribution in [0.15, 0.2) is 47.7 Å².